The molecule has 0 aliphatic rings. The van der Waals surface area contributed by atoms with E-state index in [0.29, 0.717) is 16.7 Å². The van der Waals surface area contributed by atoms with Gasteiger partial charge in [0.15, 0.2) is 5.78 Å². The van der Waals surface area contributed by atoms with Crippen LogP contribution in [0.4, 0.5) is 5.69 Å². The van der Waals surface area contributed by atoms with Gasteiger partial charge >= 0.3 is 0 Å². The van der Waals surface area contributed by atoms with Crippen LogP contribution in [0, 0.1) is 0 Å². The minimum Gasteiger partial charge on any atom is -0.497 e. The highest BCUT2D eigenvalue weighted by Crippen LogP contribution is 2.26. The maximum atomic E-state index is 12.3. The Bertz CT molecular complexity index is 903. The third-order valence-corrected chi connectivity index (χ3v) is 5.21. The van der Waals surface area contributed by atoms with Crippen LogP contribution in [-0.2, 0) is 0 Å². The zero-order chi connectivity index (χ0) is 19.9. The number of carbonyl (C=O) groups excluding carboxylic acids is 1. The molecular formula is C21H23N3O3S. The van der Waals surface area contributed by atoms with Crippen molar-refractivity contribution in [2.24, 2.45) is 0 Å². The third kappa shape index (κ3) is 4.72. The molecule has 7 heteroatoms. The number of nitrogens with zero attached hydrogens (tertiary/aromatic N) is 3. The fourth-order valence-corrected chi connectivity index (χ4v) is 3.43. The second kappa shape index (κ2) is 9.41. The number of hydrogen-bond donors (Lipinski definition) is 0. The van der Waals surface area contributed by atoms with Gasteiger partial charge in [-0.2, -0.15) is 0 Å². The van der Waals surface area contributed by atoms with E-state index < -0.39 is 0 Å². The van der Waals surface area contributed by atoms with Crippen LogP contribution in [-0.4, -0.2) is 41.9 Å². The lowest BCUT2D eigenvalue weighted by Gasteiger charge is -2.20. The van der Waals surface area contributed by atoms with E-state index in [1.54, 1.807) is 31.4 Å². The van der Waals surface area contributed by atoms with Crippen LogP contribution in [0.5, 0.6) is 5.75 Å². The summed E-state index contributed by atoms with van der Waals surface area (Å²) in [5, 5.41) is 8.51. The predicted octanol–water partition coefficient (Wildman–Crippen LogP) is 4.57. The summed E-state index contributed by atoms with van der Waals surface area (Å²) in [5.41, 5.74) is 2.64. The summed E-state index contributed by atoms with van der Waals surface area (Å²) < 4.78 is 10.8. The average Bonchev–Trinajstić information content (AvgIpc) is 3.22. The summed E-state index contributed by atoms with van der Waals surface area (Å²) >= 11 is 1.23. The smallest absolute Gasteiger partial charge is 0.277 e. The Balaban J connectivity index is 1.61. The normalized spacial score (nSPS) is 10.7. The average molecular weight is 398 g/mol. The minimum atomic E-state index is -0.00372. The van der Waals surface area contributed by atoms with E-state index in [2.05, 4.69) is 28.9 Å². The van der Waals surface area contributed by atoms with Gasteiger partial charge in [0.1, 0.15) is 5.75 Å². The molecule has 3 rings (SSSR count). The quantitative estimate of drug-likeness (QED) is 0.387. The van der Waals surface area contributed by atoms with Gasteiger partial charge in [0, 0.05) is 29.9 Å². The summed E-state index contributed by atoms with van der Waals surface area (Å²) in [6, 6.07) is 15.1. The van der Waals surface area contributed by atoms with Crippen molar-refractivity contribution < 1.29 is 13.9 Å². The van der Waals surface area contributed by atoms with Crippen molar-refractivity contribution >= 4 is 23.2 Å². The number of benzene rings is 2. The van der Waals surface area contributed by atoms with E-state index in [-0.39, 0.29) is 11.5 Å². The van der Waals surface area contributed by atoms with Crippen molar-refractivity contribution in [3.8, 4) is 17.2 Å². The summed E-state index contributed by atoms with van der Waals surface area (Å²) in [4.78, 5) is 14.6. The van der Waals surface area contributed by atoms with Crippen molar-refractivity contribution in [1.29, 1.82) is 0 Å². The summed E-state index contributed by atoms with van der Waals surface area (Å²) in [5.74, 6) is 1.40. The monoisotopic (exact) mass is 397 g/mol. The van der Waals surface area contributed by atoms with Crippen molar-refractivity contribution in [2.75, 3.05) is 30.9 Å². The fourth-order valence-electron chi connectivity index (χ4n) is 2.78. The van der Waals surface area contributed by atoms with E-state index in [4.69, 9.17) is 9.15 Å². The Labute approximate surface area is 168 Å². The fraction of sp³-hybridized carbons (Fsp3) is 0.286. The number of ether oxygens (including phenoxy) is 1. The van der Waals surface area contributed by atoms with Crippen LogP contribution in [0.1, 0.15) is 24.2 Å². The molecule has 6 nitrogen and oxygen atoms in total. The van der Waals surface area contributed by atoms with E-state index in [1.165, 1.54) is 11.8 Å². The van der Waals surface area contributed by atoms with Crippen LogP contribution >= 0.6 is 11.8 Å². The molecule has 0 unspecified atom stereocenters. The van der Waals surface area contributed by atoms with E-state index in [0.717, 1.165) is 30.1 Å². The number of Topliss-reactive ketones (excluding diaryl/α,β-unsaturated/α-hetero) is 1. The largest absolute Gasteiger partial charge is 0.497 e. The molecule has 2 aromatic carbocycles. The van der Waals surface area contributed by atoms with Crippen molar-refractivity contribution in [3.63, 3.8) is 0 Å². The predicted molar refractivity (Wildman–Crippen MR) is 111 cm³/mol. The standard InChI is InChI=1S/C21H23N3O3S/c1-4-24(5-2)17-10-6-16(7-11-17)20-22-23-21(27-20)28-14-19(25)15-8-12-18(26-3)13-9-15/h6-13H,4-5,14H2,1-3H3. The SMILES string of the molecule is CCN(CC)c1ccc(-c2nnc(SCC(=O)c3ccc(OC)cc3)o2)cc1. The van der Waals surface area contributed by atoms with Crippen LogP contribution in [0.3, 0.4) is 0 Å². The zero-order valence-electron chi connectivity index (χ0n) is 16.2. The number of anilines is 1. The van der Waals surface area contributed by atoms with Crippen LogP contribution in [0.25, 0.3) is 11.5 Å². The van der Waals surface area contributed by atoms with E-state index >= 15 is 0 Å². The Hall–Kier alpha value is -2.80. The van der Waals surface area contributed by atoms with Crippen LogP contribution in [0.2, 0.25) is 0 Å². The molecule has 0 saturated heterocycles. The Morgan fingerprint density at radius 2 is 1.71 bits per heavy atom. The molecule has 0 radical (unpaired) electrons. The van der Waals surface area contributed by atoms with E-state index in [9.17, 15) is 4.79 Å². The molecule has 0 aliphatic heterocycles. The number of carbonyl (C=O) groups is 1. The maximum absolute atomic E-state index is 12.3. The lowest BCUT2D eigenvalue weighted by Crippen LogP contribution is -2.21. The van der Waals surface area contributed by atoms with E-state index in [1.807, 2.05) is 24.3 Å². The molecule has 0 bridgehead atoms. The number of aromatic nitrogens is 2. The Kier molecular flexibility index (Phi) is 6.71. The van der Waals surface area contributed by atoms with Gasteiger partial charge in [-0.3, -0.25) is 4.79 Å². The summed E-state index contributed by atoms with van der Waals surface area (Å²) in [6.45, 7) is 6.18. The second-order valence-electron chi connectivity index (χ2n) is 6.03. The van der Waals surface area contributed by atoms with Crippen molar-refractivity contribution in [2.45, 2.75) is 19.1 Å². The number of ketones is 1. The van der Waals surface area contributed by atoms with Gasteiger partial charge in [-0.15, -0.1) is 10.2 Å². The molecular weight excluding hydrogens is 374 g/mol. The molecule has 1 heterocycles. The first-order valence-electron chi connectivity index (χ1n) is 9.13. The number of thioether (sulfide) groups is 1. The molecule has 0 aliphatic carbocycles. The maximum Gasteiger partial charge on any atom is 0.277 e. The first kappa shape index (κ1) is 19.9. The molecule has 28 heavy (non-hydrogen) atoms. The minimum absolute atomic E-state index is 0.00372. The lowest BCUT2D eigenvalue weighted by molar-refractivity contribution is 0.102. The summed E-state index contributed by atoms with van der Waals surface area (Å²) in [6.07, 6.45) is 0. The highest BCUT2D eigenvalue weighted by molar-refractivity contribution is 7.99. The highest BCUT2D eigenvalue weighted by Gasteiger charge is 2.13. The van der Waals surface area contributed by atoms with Gasteiger partial charge < -0.3 is 14.1 Å². The molecule has 3 aromatic rings. The number of hydrogen-bond acceptors (Lipinski definition) is 7. The number of rotatable bonds is 9. The molecule has 0 N–H and O–H groups in total. The molecule has 0 atom stereocenters. The Morgan fingerprint density at radius 1 is 1.04 bits per heavy atom. The van der Waals surface area contributed by atoms with Gasteiger partial charge in [0.05, 0.1) is 12.9 Å². The zero-order valence-corrected chi connectivity index (χ0v) is 17.0. The van der Waals surface area contributed by atoms with Gasteiger partial charge in [-0.25, -0.2) is 0 Å². The van der Waals surface area contributed by atoms with Crippen LogP contribution in [0.15, 0.2) is 58.2 Å². The number of methoxy groups -OCH3 is 1. The molecule has 0 saturated carbocycles. The van der Waals surface area contributed by atoms with Gasteiger partial charge in [-0.05, 0) is 62.4 Å². The topological polar surface area (TPSA) is 68.5 Å². The first-order valence-corrected chi connectivity index (χ1v) is 10.1. The second-order valence-corrected chi connectivity index (χ2v) is 6.96. The molecule has 1 aromatic heterocycles. The molecule has 0 amide bonds. The van der Waals surface area contributed by atoms with Gasteiger partial charge in [0.2, 0.25) is 5.89 Å². The Morgan fingerprint density at radius 3 is 2.32 bits per heavy atom. The van der Waals surface area contributed by atoms with Crippen molar-refractivity contribution in [3.05, 3.63) is 54.1 Å². The van der Waals surface area contributed by atoms with Crippen LogP contribution < -0.4 is 9.64 Å². The lowest BCUT2D eigenvalue weighted by atomic mass is 10.1. The molecule has 0 fully saturated rings. The third-order valence-electron chi connectivity index (χ3n) is 4.39. The summed E-state index contributed by atoms with van der Waals surface area (Å²) in [7, 11) is 1.59. The molecule has 146 valence electrons. The molecule has 0 spiro atoms. The van der Waals surface area contributed by atoms with Gasteiger partial charge in [0.25, 0.3) is 5.22 Å². The van der Waals surface area contributed by atoms with Crippen molar-refractivity contribution in [1.82, 2.24) is 10.2 Å². The van der Waals surface area contributed by atoms with Gasteiger partial charge in [-0.1, -0.05) is 11.8 Å². The first-order chi connectivity index (χ1) is 13.6. The highest BCUT2D eigenvalue weighted by atomic mass is 32.2.